The van der Waals surface area contributed by atoms with Crippen molar-refractivity contribution in [2.75, 3.05) is 31.6 Å². The van der Waals surface area contributed by atoms with Gasteiger partial charge in [-0.2, -0.15) is 0 Å². The molecule has 1 atom stereocenters. The van der Waals surface area contributed by atoms with Gasteiger partial charge in [-0.05, 0) is 26.3 Å². The number of hydrogen-bond donors (Lipinski definition) is 1. The highest BCUT2D eigenvalue weighted by Crippen LogP contribution is 2.28. The van der Waals surface area contributed by atoms with Crippen molar-refractivity contribution in [3.8, 4) is 5.75 Å². The lowest BCUT2D eigenvalue weighted by Crippen LogP contribution is -2.42. The molecule has 1 N–H and O–H groups in total. The predicted molar refractivity (Wildman–Crippen MR) is 83.2 cm³/mol. The van der Waals surface area contributed by atoms with E-state index in [-0.39, 0.29) is 10.6 Å². The lowest BCUT2D eigenvalue weighted by Gasteiger charge is -2.29. The van der Waals surface area contributed by atoms with Gasteiger partial charge in [0.2, 0.25) is 0 Å². The molecule has 21 heavy (non-hydrogen) atoms. The number of hydrogen-bond acceptors (Lipinski definition) is 5. The fraction of sp³-hybridized carbons (Fsp3) is 0.600. The SMILES string of the molecule is CCOc1cc(N(C)CC2CCCCN2)cc([N+](=O)[O-])c1. The molecule has 1 heterocycles. The molecule has 0 aliphatic carbocycles. The topological polar surface area (TPSA) is 67.6 Å². The van der Waals surface area contributed by atoms with Crippen LogP contribution in [0.1, 0.15) is 26.2 Å². The number of nitrogens with zero attached hydrogens (tertiary/aromatic N) is 2. The van der Waals surface area contributed by atoms with Gasteiger partial charge < -0.3 is 15.0 Å². The van der Waals surface area contributed by atoms with E-state index in [0.717, 1.165) is 25.2 Å². The second kappa shape index (κ2) is 7.26. The fourth-order valence-electron chi connectivity index (χ4n) is 2.66. The van der Waals surface area contributed by atoms with Gasteiger partial charge in [0, 0.05) is 37.5 Å². The molecule has 0 radical (unpaired) electrons. The average molecular weight is 293 g/mol. The van der Waals surface area contributed by atoms with Crippen LogP contribution in [0, 0.1) is 10.1 Å². The summed E-state index contributed by atoms with van der Waals surface area (Å²) in [6.07, 6.45) is 3.62. The van der Waals surface area contributed by atoms with Crippen molar-refractivity contribution in [1.82, 2.24) is 5.32 Å². The lowest BCUT2D eigenvalue weighted by atomic mass is 10.0. The molecule has 1 aliphatic heterocycles. The van der Waals surface area contributed by atoms with Crippen molar-refractivity contribution in [3.63, 3.8) is 0 Å². The van der Waals surface area contributed by atoms with Crippen molar-refractivity contribution >= 4 is 11.4 Å². The second-order valence-electron chi connectivity index (χ2n) is 5.40. The maximum atomic E-state index is 11.0. The molecular weight excluding hydrogens is 270 g/mol. The highest BCUT2D eigenvalue weighted by molar-refractivity contribution is 5.57. The molecule has 0 saturated carbocycles. The zero-order valence-electron chi connectivity index (χ0n) is 12.7. The zero-order chi connectivity index (χ0) is 15.2. The van der Waals surface area contributed by atoms with Crippen LogP contribution in [0.25, 0.3) is 0 Å². The zero-order valence-corrected chi connectivity index (χ0v) is 12.7. The van der Waals surface area contributed by atoms with E-state index < -0.39 is 0 Å². The van der Waals surface area contributed by atoms with Gasteiger partial charge >= 0.3 is 0 Å². The summed E-state index contributed by atoms with van der Waals surface area (Å²) in [4.78, 5) is 12.7. The smallest absolute Gasteiger partial charge is 0.275 e. The number of ether oxygens (including phenoxy) is 1. The number of benzene rings is 1. The minimum Gasteiger partial charge on any atom is -0.494 e. The number of piperidine rings is 1. The first-order valence-corrected chi connectivity index (χ1v) is 7.47. The maximum Gasteiger partial charge on any atom is 0.275 e. The molecular formula is C15H23N3O3. The third-order valence-electron chi connectivity index (χ3n) is 3.75. The van der Waals surface area contributed by atoms with Crippen LogP contribution >= 0.6 is 0 Å². The fourth-order valence-corrected chi connectivity index (χ4v) is 2.66. The molecule has 0 aromatic heterocycles. The van der Waals surface area contributed by atoms with Crippen LogP contribution in [0.3, 0.4) is 0 Å². The number of rotatable bonds is 6. The first-order chi connectivity index (χ1) is 10.1. The Morgan fingerprint density at radius 3 is 2.86 bits per heavy atom. The summed E-state index contributed by atoms with van der Waals surface area (Å²) < 4.78 is 5.43. The molecule has 1 aromatic carbocycles. The lowest BCUT2D eigenvalue weighted by molar-refractivity contribution is -0.384. The highest BCUT2D eigenvalue weighted by atomic mass is 16.6. The second-order valence-corrected chi connectivity index (χ2v) is 5.40. The quantitative estimate of drug-likeness (QED) is 0.645. The molecule has 1 aliphatic rings. The number of anilines is 1. The van der Waals surface area contributed by atoms with E-state index in [0.29, 0.717) is 18.4 Å². The first-order valence-electron chi connectivity index (χ1n) is 7.47. The predicted octanol–water partition coefficient (Wildman–Crippen LogP) is 2.57. The number of non-ortho nitro benzene ring substituents is 1. The molecule has 1 fully saturated rings. The molecule has 2 rings (SSSR count). The standard InChI is InChI=1S/C15H23N3O3/c1-3-21-15-9-13(8-14(10-15)18(19)20)17(2)11-12-6-4-5-7-16-12/h8-10,12,16H,3-7,11H2,1-2H3. The molecule has 116 valence electrons. The molecule has 1 aromatic rings. The van der Waals surface area contributed by atoms with Crippen LogP contribution in [-0.2, 0) is 0 Å². The monoisotopic (exact) mass is 293 g/mol. The first kappa shape index (κ1) is 15.6. The summed E-state index contributed by atoms with van der Waals surface area (Å²) in [5, 5.41) is 14.5. The van der Waals surface area contributed by atoms with Gasteiger partial charge in [0.25, 0.3) is 5.69 Å². The van der Waals surface area contributed by atoms with Gasteiger partial charge in [0.1, 0.15) is 5.75 Å². The molecule has 0 spiro atoms. The van der Waals surface area contributed by atoms with Crippen molar-refractivity contribution in [2.24, 2.45) is 0 Å². The van der Waals surface area contributed by atoms with Crippen molar-refractivity contribution in [2.45, 2.75) is 32.2 Å². The average Bonchev–Trinajstić information content (AvgIpc) is 2.48. The van der Waals surface area contributed by atoms with Crippen LogP contribution in [0.15, 0.2) is 18.2 Å². The Bertz CT molecular complexity index is 487. The van der Waals surface area contributed by atoms with E-state index in [4.69, 9.17) is 4.74 Å². The molecule has 0 bridgehead atoms. The van der Waals surface area contributed by atoms with Crippen molar-refractivity contribution in [1.29, 1.82) is 0 Å². The highest BCUT2D eigenvalue weighted by Gasteiger charge is 2.17. The van der Waals surface area contributed by atoms with Gasteiger partial charge in [-0.15, -0.1) is 0 Å². The summed E-state index contributed by atoms with van der Waals surface area (Å²) in [7, 11) is 1.96. The van der Waals surface area contributed by atoms with E-state index in [1.165, 1.54) is 18.9 Å². The van der Waals surface area contributed by atoms with E-state index in [1.807, 2.05) is 20.0 Å². The molecule has 1 unspecified atom stereocenters. The van der Waals surface area contributed by atoms with Gasteiger partial charge in [0.15, 0.2) is 0 Å². The Labute approximate surface area is 125 Å². The van der Waals surface area contributed by atoms with E-state index in [9.17, 15) is 10.1 Å². The van der Waals surface area contributed by atoms with Gasteiger partial charge in [-0.25, -0.2) is 0 Å². The molecule has 6 nitrogen and oxygen atoms in total. The van der Waals surface area contributed by atoms with Crippen LogP contribution in [0.5, 0.6) is 5.75 Å². The third kappa shape index (κ3) is 4.32. The minimum atomic E-state index is -0.376. The summed E-state index contributed by atoms with van der Waals surface area (Å²) in [6.45, 7) is 4.26. The van der Waals surface area contributed by atoms with E-state index in [1.54, 1.807) is 6.07 Å². The van der Waals surface area contributed by atoms with Crippen LogP contribution in [-0.4, -0.2) is 37.7 Å². The van der Waals surface area contributed by atoms with Crippen LogP contribution in [0.4, 0.5) is 11.4 Å². The summed E-state index contributed by atoms with van der Waals surface area (Å²) in [5.41, 5.74) is 0.888. The Balaban J connectivity index is 2.13. The Morgan fingerprint density at radius 1 is 1.43 bits per heavy atom. The van der Waals surface area contributed by atoms with Gasteiger partial charge in [0.05, 0.1) is 17.6 Å². The Kier molecular flexibility index (Phi) is 5.38. The van der Waals surface area contributed by atoms with E-state index in [2.05, 4.69) is 10.2 Å². The van der Waals surface area contributed by atoms with E-state index >= 15 is 0 Å². The largest absolute Gasteiger partial charge is 0.494 e. The number of nitro benzene ring substituents is 1. The van der Waals surface area contributed by atoms with Gasteiger partial charge in [-0.3, -0.25) is 10.1 Å². The molecule has 0 amide bonds. The molecule has 1 saturated heterocycles. The molecule has 6 heteroatoms. The third-order valence-corrected chi connectivity index (χ3v) is 3.75. The summed E-state index contributed by atoms with van der Waals surface area (Å²) in [6, 6.07) is 5.38. The summed E-state index contributed by atoms with van der Waals surface area (Å²) in [5.74, 6) is 0.546. The minimum absolute atomic E-state index is 0.0689. The maximum absolute atomic E-state index is 11.0. The number of likely N-dealkylation sites (N-methyl/N-ethyl adjacent to an activating group) is 1. The number of nitro groups is 1. The van der Waals surface area contributed by atoms with Crippen LogP contribution in [0.2, 0.25) is 0 Å². The van der Waals surface area contributed by atoms with Crippen LogP contribution < -0.4 is 15.0 Å². The Hall–Kier alpha value is -1.82. The Morgan fingerprint density at radius 2 is 2.24 bits per heavy atom. The van der Waals surface area contributed by atoms with Crippen molar-refractivity contribution < 1.29 is 9.66 Å². The normalized spacial score (nSPS) is 18.3. The van der Waals surface area contributed by atoms with Crippen molar-refractivity contribution in [3.05, 3.63) is 28.3 Å². The summed E-state index contributed by atoms with van der Waals surface area (Å²) >= 11 is 0. The van der Waals surface area contributed by atoms with Gasteiger partial charge in [-0.1, -0.05) is 6.42 Å². The number of nitrogens with one attached hydrogen (secondary N) is 1.